The zero-order valence-corrected chi connectivity index (χ0v) is 14.3. The maximum absolute atomic E-state index is 13.0. The number of fused-ring (bicyclic) bond motifs is 1. The number of benzene rings is 2. The number of hydrogen-bond acceptors (Lipinski definition) is 3. The second-order valence-corrected chi connectivity index (χ2v) is 6.19. The van der Waals surface area contributed by atoms with E-state index in [9.17, 15) is 9.90 Å². The molecule has 128 valence electrons. The zero-order valence-electron chi connectivity index (χ0n) is 14.3. The standard InChI is InChI=1S/C21H17N3O2/c1-15-12-13-19-23(17-10-6-3-7-11-17)20(25)18(21(26)24(19)22-15)14-16-8-4-2-5-9-16/h2-13H,14H2,1H3/p+1. The first-order valence-electron chi connectivity index (χ1n) is 8.41. The van der Waals surface area contributed by atoms with E-state index < -0.39 is 0 Å². The molecule has 0 saturated carbocycles. The van der Waals surface area contributed by atoms with E-state index in [1.807, 2.05) is 73.7 Å². The van der Waals surface area contributed by atoms with Crippen molar-refractivity contribution in [1.82, 2.24) is 9.61 Å². The fourth-order valence-electron chi connectivity index (χ4n) is 3.08. The summed E-state index contributed by atoms with van der Waals surface area (Å²) in [6.07, 6.45) is 0.330. The molecule has 5 heteroatoms. The van der Waals surface area contributed by atoms with Crippen LogP contribution in [0.3, 0.4) is 0 Å². The Morgan fingerprint density at radius 1 is 0.962 bits per heavy atom. The molecule has 2 heterocycles. The molecule has 0 spiro atoms. The lowest BCUT2D eigenvalue weighted by Crippen LogP contribution is -2.40. The highest BCUT2D eigenvalue weighted by atomic mass is 16.3. The predicted octanol–water partition coefficient (Wildman–Crippen LogP) is 2.58. The molecule has 4 aromatic rings. The highest BCUT2D eigenvalue weighted by Gasteiger charge is 2.26. The van der Waals surface area contributed by atoms with Crippen LogP contribution in [0, 0.1) is 6.92 Å². The van der Waals surface area contributed by atoms with Crippen LogP contribution in [-0.2, 0) is 6.42 Å². The fraction of sp³-hybridized carbons (Fsp3) is 0.0952. The SMILES string of the molecule is Cc1ccc2n(n1)c(=O)c(Cc1ccccc1)c(O)[n+]2-c1ccccc1. The molecule has 2 aromatic carbocycles. The molecule has 0 aliphatic rings. The Morgan fingerprint density at radius 2 is 1.62 bits per heavy atom. The first-order valence-corrected chi connectivity index (χ1v) is 8.41. The molecule has 26 heavy (non-hydrogen) atoms. The molecule has 0 unspecified atom stereocenters. The number of aromatic nitrogens is 3. The Labute approximate surface area is 150 Å². The summed E-state index contributed by atoms with van der Waals surface area (Å²) in [5.41, 5.74) is 2.97. The average Bonchev–Trinajstić information content (AvgIpc) is 2.67. The summed E-state index contributed by atoms with van der Waals surface area (Å²) in [6.45, 7) is 1.84. The summed E-state index contributed by atoms with van der Waals surface area (Å²) in [6, 6.07) is 22.7. The maximum Gasteiger partial charge on any atom is 0.370 e. The number of aryl methyl sites for hydroxylation is 1. The molecule has 0 radical (unpaired) electrons. The van der Waals surface area contributed by atoms with Crippen molar-refractivity contribution in [2.75, 3.05) is 0 Å². The average molecular weight is 344 g/mol. The first-order chi connectivity index (χ1) is 12.6. The van der Waals surface area contributed by atoms with E-state index in [0.717, 1.165) is 16.9 Å². The number of nitrogens with zero attached hydrogens (tertiary/aromatic N) is 3. The van der Waals surface area contributed by atoms with Gasteiger partial charge in [0.15, 0.2) is 0 Å². The van der Waals surface area contributed by atoms with Crippen LogP contribution >= 0.6 is 0 Å². The van der Waals surface area contributed by atoms with Crippen LogP contribution in [-0.4, -0.2) is 14.7 Å². The third kappa shape index (κ3) is 2.73. The quantitative estimate of drug-likeness (QED) is 0.581. The van der Waals surface area contributed by atoms with Crippen LogP contribution in [0.25, 0.3) is 11.3 Å². The Hall–Kier alpha value is -3.47. The normalized spacial score (nSPS) is 11.0. The van der Waals surface area contributed by atoms with E-state index in [4.69, 9.17) is 0 Å². The highest BCUT2D eigenvalue weighted by Crippen LogP contribution is 2.17. The fourth-order valence-corrected chi connectivity index (χ4v) is 3.08. The molecule has 0 aliphatic carbocycles. The van der Waals surface area contributed by atoms with Crippen LogP contribution in [0.15, 0.2) is 77.6 Å². The predicted molar refractivity (Wildman–Crippen MR) is 98.6 cm³/mol. The van der Waals surface area contributed by atoms with E-state index in [1.54, 1.807) is 10.6 Å². The van der Waals surface area contributed by atoms with Gasteiger partial charge in [0.25, 0.3) is 5.88 Å². The lowest BCUT2D eigenvalue weighted by atomic mass is 10.1. The molecule has 4 rings (SSSR count). The molecular weight excluding hydrogens is 326 g/mol. The van der Waals surface area contributed by atoms with Crippen molar-refractivity contribution in [1.29, 1.82) is 0 Å². The summed E-state index contributed by atoms with van der Waals surface area (Å²) in [4.78, 5) is 13.0. The van der Waals surface area contributed by atoms with E-state index in [2.05, 4.69) is 5.10 Å². The Kier molecular flexibility index (Phi) is 3.97. The van der Waals surface area contributed by atoms with Crippen LogP contribution in [0.4, 0.5) is 0 Å². The smallest absolute Gasteiger partial charge is 0.370 e. The topological polar surface area (TPSA) is 58.5 Å². The second kappa shape index (κ2) is 6.44. The van der Waals surface area contributed by atoms with Crippen LogP contribution in [0.1, 0.15) is 16.8 Å². The summed E-state index contributed by atoms with van der Waals surface area (Å²) < 4.78 is 3.02. The molecule has 2 aromatic heterocycles. The van der Waals surface area contributed by atoms with E-state index >= 15 is 0 Å². The minimum atomic E-state index is -0.308. The Balaban J connectivity index is 2.05. The summed E-state index contributed by atoms with van der Waals surface area (Å²) in [5, 5.41) is 15.4. The first kappa shape index (κ1) is 16.0. The molecule has 0 fully saturated rings. The van der Waals surface area contributed by atoms with Crippen molar-refractivity contribution in [3.05, 3.63) is 100.0 Å². The molecule has 0 bridgehead atoms. The summed E-state index contributed by atoms with van der Waals surface area (Å²) in [5.74, 6) is -0.0595. The lowest BCUT2D eigenvalue weighted by Gasteiger charge is -2.09. The maximum atomic E-state index is 13.0. The monoisotopic (exact) mass is 344 g/mol. The molecule has 5 nitrogen and oxygen atoms in total. The van der Waals surface area contributed by atoms with Gasteiger partial charge in [0.1, 0.15) is 11.3 Å². The molecule has 1 N–H and O–H groups in total. The Morgan fingerprint density at radius 3 is 2.31 bits per heavy atom. The van der Waals surface area contributed by atoms with Crippen molar-refractivity contribution in [3.63, 3.8) is 0 Å². The minimum Gasteiger partial charge on any atom is -0.477 e. The van der Waals surface area contributed by atoms with Gasteiger partial charge in [-0.3, -0.25) is 0 Å². The van der Waals surface area contributed by atoms with Crippen LogP contribution < -0.4 is 10.1 Å². The van der Waals surface area contributed by atoms with Gasteiger partial charge in [-0.2, -0.15) is 4.57 Å². The number of rotatable bonds is 3. The largest absolute Gasteiger partial charge is 0.477 e. The lowest BCUT2D eigenvalue weighted by molar-refractivity contribution is -0.581. The molecule has 0 atom stereocenters. The van der Waals surface area contributed by atoms with Crippen LogP contribution in [0.2, 0.25) is 0 Å². The molecule has 0 amide bonds. The van der Waals surface area contributed by atoms with Gasteiger partial charge < -0.3 is 5.11 Å². The minimum absolute atomic E-state index is 0.0595. The van der Waals surface area contributed by atoms with Gasteiger partial charge in [-0.25, -0.2) is 4.79 Å². The van der Waals surface area contributed by atoms with Crippen molar-refractivity contribution < 1.29 is 9.67 Å². The van der Waals surface area contributed by atoms with Gasteiger partial charge in [0.05, 0.1) is 5.69 Å². The van der Waals surface area contributed by atoms with Gasteiger partial charge >= 0.3 is 11.2 Å². The number of aromatic hydroxyl groups is 1. The number of para-hydroxylation sites is 1. The van der Waals surface area contributed by atoms with Gasteiger partial charge in [0.2, 0.25) is 0 Å². The highest BCUT2D eigenvalue weighted by molar-refractivity contribution is 5.40. The van der Waals surface area contributed by atoms with Crippen molar-refractivity contribution >= 4 is 5.65 Å². The van der Waals surface area contributed by atoms with Crippen molar-refractivity contribution in [2.24, 2.45) is 0 Å². The molecule has 0 saturated heterocycles. The third-order valence-electron chi connectivity index (χ3n) is 4.35. The van der Waals surface area contributed by atoms with Gasteiger partial charge in [-0.1, -0.05) is 58.1 Å². The second-order valence-electron chi connectivity index (χ2n) is 6.19. The van der Waals surface area contributed by atoms with Crippen LogP contribution in [0.5, 0.6) is 5.88 Å². The zero-order chi connectivity index (χ0) is 18.1. The third-order valence-corrected chi connectivity index (χ3v) is 4.35. The molecular formula is C21H18N3O2+. The van der Waals surface area contributed by atoms with Crippen molar-refractivity contribution in [3.8, 4) is 11.6 Å². The summed E-state index contributed by atoms with van der Waals surface area (Å²) in [7, 11) is 0. The van der Waals surface area contributed by atoms with Gasteiger partial charge in [0, 0.05) is 12.5 Å². The Bertz CT molecular complexity index is 1140. The van der Waals surface area contributed by atoms with Gasteiger partial charge in [-0.05, 0) is 30.7 Å². The molecule has 0 aliphatic heterocycles. The van der Waals surface area contributed by atoms with E-state index in [-0.39, 0.29) is 11.4 Å². The van der Waals surface area contributed by atoms with E-state index in [0.29, 0.717) is 17.6 Å². The van der Waals surface area contributed by atoms with Gasteiger partial charge in [-0.15, -0.1) is 0 Å². The number of hydrogen-bond donors (Lipinski definition) is 1. The van der Waals surface area contributed by atoms with E-state index in [1.165, 1.54) is 4.52 Å². The van der Waals surface area contributed by atoms with Crippen molar-refractivity contribution in [2.45, 2.75) is 13.3 Å². The summed E-state index contributed by atoms with van der Waals surface area (Å²) >= 11 is 0.